The van der Waals surface area contributed by atoms with E-state index in [1.807, 2.05) is 30.3 Å². The first-order valence-electron chi connectivity index (χ1n) is 8.50. The van der Waals surface area contributed by atoms with Gasteiger partial charge in [-0.2, -0.15) is 0 Å². The molecule has 27 heavy (non-hydrogen) atoms. The van der Waals surface area contributed by atoms with E-state index in [0.29, 0.717) is 11.5 Å². The van der Waals surface area contributed by atoms with E-state index in [2.05, 4.69) is 36.9 Å². The molecule has 0 spiro atoms. The lowest BCUT2D eigenvalue weighted by atomic mass is 10.2. The fourth-order valence-electron chi connectivity index (χ4n) is 2.63. The van der Waals surface area contributed by atoms with Gasteiger partial charge in [-0.25, -0.2) is 9.67 Å². The van der Waals surface area contributed by atoms with E-state index in [0.717, 1.165) is 28.8 Å². The van der Waals surface area contributed by atoms with Gasteiger partial charge in [0.05, 0.1) is 5.69 Å². The quantitative estimate of drug-likeness (QED) is 0.628. The first-order chi connectivity index (χ1) is 13.1. The highest BCUT2D eigenvalue weighted by Crippen LogP contribution is 2.39. The highest BCUT2D eigenvalue weighted by atomic mass is 79.9. The number of amides is 2. The minimum atomic E-state index is -0.558. The summed E-state index contributed by atoms with van der Waals surface area (Å²) in [5.41, 5.74) is 6.04. The van der Waals surface area contributed by atoms with E-state index in [1.54, 1.807) is 28.9 Å². The topological polar surface area (TPSA) is 88.9 Å². The van der Waals surface area contributed by atoms with Crippen LogP contribution in [-0.2, 0) is 0 Å². The lowest BCUT2D eigenvalue weighted by molar-refractivity contribution is 0.0841. The normalized spacial score (nSPS) is 13.2. The number of nitrogens with zero attached hydrogens (tertiary/aromatic N) is 3. The maximum Gasteiger partial charge on any atom is 0.309 e. The molecular weight excluding hydrogens is 410 g/mol. The average molecular weight is 426 g/mol. The molecule has 2 aromatic carbocycles. The van der Waals surface area contributed by atoms with Crippen molar-refractivity contribution in [2.24, 2.45) is 0 Å². The summed E-state index contributed by atoms with van der Waals surface area (Å²) in [6.07, 6.45) is 2.07. The van der Waals surface area contributed by atoms with E-state index in [1.165, 1.54) is 0 Å². The lowest BCUT2D eigenvalue weighted by Crippen LogP contribution is -2.42. The Bertz CT molecular complexity index is 981. The number of aromatic nitrogens is 3. The standard InChI is InChI=1S/C19H16BrN5O2/c20-14-10-8-13(9-11-14)18(26)22-23-19(27)16-21-17(12-6-7-12)25(24-16)15-4-2-1-3-5-15/h1-5,8-12H,6-7H2,(H,22,26)(H,23,27). The van der Waals surface area contributed by atoms with Crippen LogP contribution in [0, 0.1) is 0 Å². The Balaban J connectivity index is 1.49. The molecule has 1 aliphatic rings. The molecule has 8 heteroatoms. The van der Waals surface area contributed by atoms with Crippen molar-refractivity contribution < 1.29 is 9.59 Å². The molecule has 1 aromatic heterocycles. The number of para-hydroxylation sites is 1. The van der Waals surface area contributed by atoms with E-state index in [4.69, 9.17) is 0 Å². The molecule has 7 nitrogen and oxygen atoms in total. The van der Waals surface area contributed by atoms with Crippen LogP contribution in [0.1, 0.15) is 45.6 Å². The second kappa shape index (κ2) is 7.32. The molecule has 0 unspecified atom stereocenters. The molecular formula is C19H16BrN5O2. The molecule has 1 fully saturated rings. The summed E-state index contributed by atoms with van der Waals surface area (Å²) in [5.74, 6) is 0.136. The predicted octanol–water partition coefficient (Wildman–Crippen LogP) is 2.98. The molecule has 0 saturated heterocycles. The van der Waals surface area contributed by atoms with Crippen LogP contribution in [0.5, 0.6) is 0 Å². The van der Waals surface area contributed by atoms with E-state index < -0.39 is 11.8 Å². The number of halogens is 1. The highest BCUT2D eigenvalue weighted by Gasteiger charge is 2.31. The van der Waals surface area contributed by atoms with Gasteiger partial charge in [-0.15, -0.1) is 5.10 Å². The zero-order valence-corrected chi connectivity index (χ0v) is 15.8. The van der Waals surface area contributed by atoms with Crippen molar-refractivity contribution in [2.75, 3.05) is 0 Å². The molecule has 1 aliphatic carbocycles. The smallest absolute Gasteiger partial charge is 0.267 e. The minimum absolute atomic E-state index is 0.0249. The highest BCUT2D eigenvalue weighted by molar-refractivity contribution is 9.10. The number of hydrogen-bond donors (Lipinski definition) is 2. The fourth-order valence-corrected chi connectivity index (χ4v) is 2.89. The Hall–Kier alpha value is -3.00. The van der Waals surface area contributed by atoms with Gasteiger partial charge in [-0.05, 0) is 49.2 Å². The van der Waals surface area contributed by atoms with Crippen LogP contribution in [-0.4, -0.2) is 26.6 Å². The zero-order chi connectivity index (χ0) is 18.8. The molecule has 136 valence electrons. The molecule has 3 aromatic rings. The van der Waals surface area contributed by atoms with Gasteiger partial charge >= 0.3 is 5.91 Å². The van der Waals surface area contributed by atoms with Crippen LogP contribution in [0.4, 0.5) is 0 Å². The van der Waals surface area contributed by atoms with Gasteiger partial charge < -0.3 is 0 Å². The summed E-state index contributed by atoms with van der Waals surface area (Å²) >= 11 is 3.31. The Kier molecular flexibility index (Phi) is 4.72. The van der Waals surface area contributed by atoms with Crippen molar-refractivity contribution in [3.8, 4) is 5.69 Å². The van der Waals surface area contributed by atoms with Crippen LogP contribution < -0.4 is 10.9 Å². The lowest BCUT2D eigenvalue weighted by Gasteiger charge is -2.05. The fraction of sp³-hybridized carbons (Fsp3) is 0.158. The van der Waals surface area contributed by atoms with Gasteiger partial charge in [-0.3, -0.25) is 20.4 Å². The average Bonchev–Trinajstić information content (AvgIpc) is 3.45. The molecule has 0 bridgehead atoms. The molecule has 2 amide bonds. The van der Waals surface area contributed by atoms with Crippen LogP contribution in [0.3, 0.4) is 0 Å². The summed E-state index contributed by atoms with van der Waals surface area (Å²) in [6, 6.07) is 16.4. The molecule has 2 N–H and O–H groups in total. The second-order valence-corrected chi connectivity index (χ2v) is 7.15. The Labute approximate surface area is 163 Å². The third-order valence-electron chi connectivity index (χ3n) is 4.17. The van der Waals surface area contributed by atoms with Crippen molar-refractivity contribution >= 4 is 27.7 Å². The van der Waals surface area contributed by atoms with Crippen LogP contribution >= 0.6 is 15.9 Å². The van der Waals surface area contributed by atoms with Crippen LogP contribution in [0.2, 0.25) is 0 Å². The number of carbonyl (C=O) groups excluding carboxylic acids is 2. The summed E-state index contributed by atoms with van der Waals surface area (Å²) in [4.78, 5) is 28.9. The monoisotopic (exact) mass is 425 g/mol. The number of nitrogens with one attached hydrogen (secondary N) is 2. The predicted molar refractivity (Wildman–Crippen MR) is 102 cm³/mol. The molecule has 1 saturated carbocycles. The zero-order valence-electron chi connectivity index (χ0n) is 14.2. The molecule has 0 atom stereocenters. The van der Waals surface area contributed by atoms with Crippen LogP contribution in [0.25, 0.3) is 5.69 Å². The third-order valence-corrected chi connectivity index (χ3v) is 4.70. The van der Waals surface area contributed by atoms with Gasteiger partial charge in [0.25, 0.3) is 5.91 Å². The van der Waals surface area contributed by atoms with Gasteiger partial charge in [0.1, 0.15) is 5.82 Å². The number of rotatable bonds is 4. The number of benzene rings is 2. The van der Waals surface area contributed by atoms with Crippen molar-refractivity contribution in [1.82, 2.24) is 25.6 Å². The van der Waals surface area contributed by atoms with Gasteiger partial charge in [0, 0.05) is 16.0 Å². The number of hydrogen-bond acceptors (Lipinski definition) is 4. The SMILES string of the molecule is O=C(NNC(=O)c1nc(C2CC2)n(-c2ccccc2)n1)c1ccc(Br)cc1. The van der Waals surface area contributed by atoms with Crippen molar-refractivity contribution in [2.45, 2.75) is 18.8 Å². The van der Waals surface area contributed by atoms with Crippen molar-refractivity contribution in [3.05, 3.63) is 76.3 Å². The van der Waals surface area contributed by atoms with E-state index >= 15 is 0 Å². The Morgan fingerprint density at radius 3 is 2.30 bits per heavy atom. The molecule has 4 rings (SSSR count). The maximum absolute atomic E-state index is 12.4. The van der Waals surface area contributed by atoms with E-state index in [9.17, 15) is 9.59 Å². The molecule has 1 heterocycles. The Morgan fingerprint density at radius 2 is 1.63 bits per heavy atom. The molecule has 0 radical (unpaired) electrons. The largest absolute Gasteiger partial charge is 0.309 e. The maximum atomic E-state index is 12.4. The minimum Gasteiger partial charge on any atom is -0.267 e. The van der Waals surface area contributed by atoms with Crippen LogP contribution in [0.15, 0.2) is 59.1 Å². The first-order valence-corrected chi connectivity index (χ1v) is 9.30. The third kappa shape index (κ3) is 3.90. The number of carbonyl (C=O) groups is 2. The summed E-state index contributed by atoms with van der Waals surface area (Å²) in [5, 5.41) is 4.34. The first kappa shape index (κ1) is 17.4. The van der Waals surface area contributed by atoms with Crippen molar-refractivity contribution in [1.29, 1.82) is 0 Å². The second-order valence-electron chi connectivity index (χ2n) is 6.23. The van der Waals surface area contributed by atoms with Gasteiger partial charge in [0.15, 0.2) is 0 Å². The molecule has 0 aliphatic heterocycles. The van der Waals surface area contributed by atoms with Crippen molar-refractivity contribution in [3.63, 3.8) is 0 Å². The summed E-state index contributed by atoms with van der Waals surface area (Å²) in [6.45, 7) is 0. The number of hydrazine groups is 1. The summed E-state index contributed by atoms with van der Waals surface area (Å²) in [7, 11) is 0. The summed E-state index contributed by atoms with van der Waals surface area (Å²) < 4.78 is 2.56. The van der Waals surface area contributed by atoms with E-state index in [-0.39, 0.29) is 5.82 Å². The van der Waals surface area contributed by atoms with Gasteiger partial charge in [-0.1, -0.05) is 34.1 Å². The van der Waals surface area contributed by atoms with Gasteiger partial charge in [0.2, 0.25) is 5.82 Å². The Morgan fingerprint density at radius 1 is 0.963 bits per heavy atom.